The predicted octanol–water partition coefficient (Wildman–Crippen LogP) is 3.61. The molecule has 0 bridgehead atoms. The molecule has 0 spiro atoms. The Bertz CT molecular complexity index is 560. The summed E-state index contributed by atoms with van der Waals surface area (Å²) < 4.78 is 0. The summed E-state index contributed by atoms with van der Waals surface area (Å²) in [5.41, 5.74) is 4.35. The number of nitrogens with zero attached hydrogens (tertiary/aromatic N) is 3. The number of anilines is 1. The van der Waals surface area contributed by atoms with Crippen LogP contribution in [0.25, 0.3) is 0 Å². The van der Waals surface area contributed by atoms with Gasteiger partial charge in [-0.05, 0) is 25.8 Å². The van der Waals surface area contributed by atoms with Crippen molar-refractivity contribution in [2.45, 2.75) is 45.2 Å². The number of hydrogen-bond donors (Lipinski definition) is 1. The summed E-state index contributed by atoms with van der Waals surface area (Å²) in [5, 5.41) is 6.74. The van der Waals surface area contributed by atoms with Crippen LogP contribution >= 0.6 is 22.7 Å². The molecular formula is C15H22N4S2. The van der Waals surface area contributed by atoms with Crippen LogP contribution in [0.4, 0.5) is 5.13 Å². The van der Waals surface area contributed by atoms with Gasteiger partial charge in [0.2, 0.25) is 0 Å². The normalized spacial score (nSPS) is 14.6. The molecule has 0 unspecified atom stereocenters. The topological polar surface area (TPSA) is 41.0 Å². The van der Waals surface area contributed by atoms with Crippen LogP contribution in [0.15, 0.2) is 10.9 Å². The van der Waals surface area contributed by atoms with Gasteiger partial charge in [0.25, 0.3) is 0 Å². The summed E-state index contributed by atoms with van der Waals surface area (Å²) in [7, 11) is 2.11. The first kappa shape index (κ1) is 14.9. The molecule has 0 aliphatic heterocycles. The predicted molar refractivity (Wildman–Crippen MR) is 90.3 cm³/mol. The smallest absolute Gasteiger partial charge is 0.185 e. The van der Waals surface area contributed by atoms with Crippen LogP contribution in [-0.2, 0) is 13.1 Å². The van der Waals surface area contributed by atoms with Crippen molar-refractivity contribution in [2.75, 3.05) is 18.5 Å². The van der Waals surface area contributed by atoms with Crippen molar-refractivity contribution in [3.63, 3.8) is 0 Å². The average molecular weight is 323 g/mol. The highest BCUT2D eigenvalue weighted by Gasteiger charge is 2.30. The number of thiazole rings is 2. The first-order valence-corrected chi connectivity index (χ1v) is 9.32. The second kappa shape index (κ2) is 6.85. The molecule has 0 amide bonds. The summed E-state index contributed by atoms with van der Waals surface area (Å²) in [4.78, 5) is 12.9. The van der Waals surface area contributed by atoms with Gasteiger partial charge >= 0.3 is 0 Å². The number of rotatable bonds is 8. The fourth-order valence-corrected chi connectivity index (χ4v) is 3.95. The first-order chi connectivity index (χ1) is 10.3. The fourth-order valence-electron chi connectivity index (χ4n) is 2.32. The average Bonchev–Trinajstić information content (AvgIpc) is 3.02. The highest BCUT2D eigenvalue weighted by atomic mass is 32.1. The van der Waals surface area contributed by atoms with E-state index in [-0.39, 0.29) is 0 Å². The molecule has 1 fully saturated rings. The van der Waals surface area contributed by atoms with Crippen molar-refractivity contribution in [1.29, 1.82) is 0 Å². The Balaban J connectivity index is 1.71. The quantitative estimate of drug-likeness (QED) is 0.754. The molecule has 1 N–H and O–H groups in total. The van der Waals surface area contributed by atoms with Gasteiger partial charge in [0.15, 0.2) is 5.13 Å². The lowest BCUT2D eigenvalue weighted by Gasteiger charge is -2.13. The first-order valence-electron chi connectivity index (χ1n) is 7.56. The van der Waals surface area contributed by atoms with Gasteiger partial charge in [-0.1, -0.05) is 6.92 Å². The molecule has 114 valence electrons. The highest BCUT2D eigenvalue weighted by Crippen LogP contribution is 2.44. The van der Waals surface area contributed by atoms with Crippen LogP contribution in [0, 0.1) is 0 Å². The molecule has 4 nitrogen and oxygen atoms in total. The van der Waals surface area contributed by atoms with Crippen molar-refractivity contribution < 1.29 is 0 Å². The lowest BCUT2D eigenvalue weighted by molar-refractivity contribution is 0.676. The monoisotopic (exact) mass is 322 g/mol. The fraction of sp³-hybridized carbons (Fsp3) is 0.600. The van der Waals surface area contributed by atoms with Gasteiger partial charge in [0.05, 0.1) is 23.4 Å². The minimum atomic E-state index is 0.709. The zero-order chi connectivity index (χ0) is 14.7. The maximum Gasteiger partial charge on any atom is 0.185 e. The zero-order valence-electron chi connectivity index (χ0n) is 12.6. The van der Waals surface area contributed by atoms with E-state index in [0.29, 0.717) is 5.92 Å². The van der Waals surface area contributed by atoms with E-state index in [4.69, 9.17) is 4.98 Å². The SMILES string of the molecule is CCCNCc1sc(N(C)Cc2cscn2)nc1C1CC1. The third kappa shape index (κ3) is 3.81. The molecule has 0 atom stereocenters. The third-order valence-corrected chi connectivity index (χ3v) is 5.42. The van der Waals surface area contributed by atoms with Gasteiger partial charge in [-0.3, -0.25) is 0 Å². The van der Waals surface area contributed by atoms with Crippen molar-refractivity contribution in [3.8, 4) is 0 Å². The lowest BCUT2D eigenvalue weighted by Crippen LogP contribution is -2.16. The molecule has 0 aromatic carbocycles. The van der Waals surface area contributed by atoms with Crippen molar-refractivity contribution in [1.82, 2.24) is 15.3 Å². The van der Waals surface area contributed by atoms with Crippen molar-refractivity contribution in [3.05, 3.63) is 27.2 Å². The van der Waals surface area contributed by atoms with Gasteiger partial charge in [0.1, 0.15) is 0 Å². The van der Waals surface area contributed by atoms with Gasteiger partial charge in [-0.2, -0.15) is 0 Å². The Morgan fingerprint density at radius 1 is 1.43 bits per heavy atom. The van der Waals surface area contributed by atoms with Crippen LogP contribution in [-0.4, -0.2) is 23.6 Å². The standard InChI is InChI=1S/C15H22N4S2/c1-3-6-16-7-13-14(11-4-5-11)18-15(21-13)19(2)8-12-9-20-10-17-12/h9-11,16H,3-8H2,1-2H3. The van der Waals surface area contributed by atoms with Gasteiger partial charge in [0, 0.05) is 29.8 Å². The molecule has 1 saturated carbocycles. The Morgan fingerprint density at radius 3 is 2.95 bits per heavy atom. The molecule has 1 aliphatic rings. The van der Waals surface area contributed by atoms with Crippen molar-refractivity contribution in [2.24, 2.45) is 0 Å². The minimum absolute atomic E-state index is 0.709. The summed E-state index contributed by atoms with van der Waals surface area (Å²) in [5.74, 6) is 0.709. The summed E-state index contributed by atoms with van der Waals surface area (Å²) >= 11 is 3.48. The van der Waals surface area contributed by atoms with E-state index in [1.165, 1.54) is 29.8 Å². The van der Waals surface area contributed by atoms with Crippen LogP contribution in [0.1, 0.15) is 48.4 Å². The van der Waals surface area contributed by atoms with E-state index in [1.54, 1.807) is 11.3 Å². The Morgan fingerprint density at radius 2 is 2.29 bits per heavy atom. The Kier molecular flexibility index (Phi) is 4.87. The Hall–Kier alpha value is -0.980. The van der Waals surface area contributed by atoms with Gasteiger partial charge in [-0.25, -0.2) is 9.97 Å². The molecule has 1 aliphatic carbocycles. The second-order valence-electron chi connectivity index (χ2n) is 5.59. The van der Waals surface area contributed by atoms with Gasteiger partial charge in [-0.15, -0.1) is 22.7 Å². The number of aromatic nitrogens is 2. The van der Waals surface area contributed by atoms with Crippen LogP contribution < -0.4 is 10.2 Å². The number of hydrogen-bond acceptors (Lipinski definition) is 6. The molecule has 2 heterocycles. The largest absolute Gasteiger partial charge is 0.345 e. The molecule has 21 heavy (non-hydrogen) atoms. The maximum absolute atomic E-state index is 4.91. The van der Waals surface area contributed by atoms with Crippen LogP contribution in [0.5, 0.6) is 0 Å². The summed E-state index contributed by atoms with van der Waals surface area (Å²) in [6.07, 6.45) is 3.79. The minimum Gasteiger partial charge on any atom is -0.345 e. The second-order valence-corrected chi connectivity index (χ2v) is 7.37. The molecule has 0 radical (unpaired) electrons. The molecule has 3 rings (SSSR count). The van der Waals surface area contributed by atoms with Crippen LogP contribution in [0.2, 0.25) is 0 Å². The molecule has 0 saturated heterocycles. The van der Waals surface area contributed by atoms with E-state index in [9.17, 15) is 0 Å². The summed E-state index contributed by atoms with van der Waals surface area (Å²) in [6, 6.07) is 0. The van der Waals surface area contributed by atoms with E-state index in [1.807, 2.05) is 16.8 Å². The lowest BCUT2D eigenvalue weighted by atomic mass is 10.2. The van der Waals surface area contributed by atoms with E-state index >= 15 is 0 Å². The van der Waals surface area contributed by atoms with Gasteiger partial charge < -0.3 is 10.2 Å². The number of nitrogens with one attached hydrogen (secondary N) is 1. The zero-order valence-corrected chi connectivity index (χ0v) is 14.3. The molecular weight excluding hydrogens is 300 g/mol. The van der Waals surface area contributed by atoms with E-state index < -0.39 is 0 Å². The highest BCUT2D eigenvalue weighted by molar-refractivity contribution is 7.15. The summed E-state index contributed by atoms with van der Waals surface area (Å²) in [6.45, 7) is 5.07. The van der Waals surface area contributed by atoms with Crippen LogP contribution in [0.3, 0.4) is 0 Å². The van der Waals surface area contributed by atoms with E-state index in [2.05, 4.69) is 34.6 Å². The molecule has 6 heteroatoms. The van der Waals surface area contributed by atoms with E-state index in [0.717, 1.165) is 30.5 Å². The molecule has 2 aromatic heterocycles. The maximum atomic E-state index is 4.91. The third-order valence-electron chi connectivity index (χ3n) is 3.60. The molecule has 2 aromatic rings. The van der Waals surface area contributed by atoms with Crippen molar-refractivity contribution >= 4 is 27.8 Å². The Labute approximate surface area is 134 Å².